The van der Waals surface area contributed by atoms with E-state index in [1.807, 2.05) is 66.7 Å². The normalized spacial score (nSPS) is 10.7. The van der Waals surface area contributed by atoms with Gasteiger partial charge in [-0.15, -0.1) is 0 Å². The van der Waals surface area contributed by atoms with Crippen LogP contribution >= 0.6 is 23.2 Å². The van der Waals surface area contributed by atoms with Crippen molar-refractivity contribution in [2.75, 3.05) is 0 Å². The second kappa shape index (κ2) is 7.08. The van der Waals surface area contributed by atoms with Crippen molar-refractivity contribution in [1.29, 1.82) is 0 Å². The molecule has 1 nitrogen and oxygen atoms in total. The largest absolute Gasteiger partial charge is 0.507 e. The number of hydrogen-bond donors (Lipinski definition) is 1. The van der Waals surface area contributed by atoms with Gasteiger partial charge >= 0.3 is 0 Å². The predicted molar refractivity (Wildman–Crippen MR) is 96.6 cm³/mol. The molecule has 23 heavy (non-hydrogen) atoms. The first-order valence-electron chi connectivity index (χ1n) is 7.41. The molecule has 0 aliphatic heterocycles. The Kier molecular flexibility index (Phi) is 4.90. The number of benzene rings is 3. The maximum Gasteiger partial charge on any atom is 0.122 e. The number of phenols is 1. The Balaban J connectivity index is 1.90. The minimum absolute atomic E-state index is 0.312. The van der Waals surface area contributed by atoms with Gasteiger partial charge in [0.15, 0.2) is 0 Å². The lowest BCUT2D eigenvalue weighted by molar-refractivity contribution is 0.463. The maximum absolute atomic E-state index is 10.6. The summed E-state index contributed by atoms with van der Waals surface area (Å²) < 4.78 is 0. The summed E-state index contributed by atoms with van der Waals surface area (Å²) in [6.07, 6.45) is 1.20. The summed E-state index contributed by atoms with van der Waals surface area (Å²) in [4.78, 5) is 0. The van der Waals surface area contributed by atoms with Gasteiger partial charge in [0.25, 0.3) is 0 Å². The van der Waals surface area contributed by atoms with Crippen molar-refractivity contribution >= 4 is 23.2 Å². The monoisotopic (exact) mass is 342 g/mol. The number of hydrogen-bond acceptors (Lipinski definition) is 1. The average Bonchev–Trinajstić information content (AvgIpc) is 2.55. The fraction of sp³-hybridized carbons (Fsp3) is 0.100. The summed E-state index contributed by atoms with van der Waals surface area (Å²) in [6.45, 7) is 0. The third kappa shape index (κ3) is 3.69. The molecule has 116 valence electrons. The van der Waals surface area contributed by atoms with Crippen LogP contribution in [0.2, 0.25) is 10.0 Å². The number of aromatic hydroxyl groups is 1. The molecule has 1 N–H and O–H groups in total. The van der Waals surface area contributed by atoms with Gasteiger partial charge in [0, 0.05) is 22.9 Å². The van der Waals surface area contributed by atoms with E-state index in [4.69, 9.17) is 23.2 Å². The number of rotatable bonds is 4. The minimum Gasteiger partial charge on any atom is -0.507 e. The number of para-hydroxylation sites is 1. The molecule has 0 amide bonds. The minimum atomic E-state index is 0.312. The van der Waals surface area contributed by atoms with E-state index in [0.29, 0.717) is 28.6 Å². The van der Waals surface area contributed by atoms with Gasteiger partial charge in [-0.25, -0.2) is 0 Å². The van der Waals surface area contributed by atoms with Gasteiger partial charge in [-0.3, -0.25) is 0 Å². The Morgan fingerprint density at radius 3 is 1.39 bits per heavy atom. The van der Waals surface area contributed by atoms with E-state index in [1.165, 1.54) is 0 Å². The van der Waals surface area contributed by atoms with Gasteiger partial charge in [0.2, 0.25) is 0 Å². The molecule has 3 rings (SSSR count). The van der Waals surface area contributed by atoms with Gasteiger partial charge in [-0.05, 0) is 34.4 Å². The van der Waals surface area contributed by atoms with Crippen molar-refractivity contribution in [3.05, 3.63) is 99.0 Å². The van der Waals surface area contributed by atoms with Crippen molar-refractivity contribution in [3.63, 3.8) is 0 Å². The molecular formula is C20H16Cl2O. The van der Waals surface area contributed by atoms with Crippen LogP contribution in [0, 0.1) is 0 Å². The fourth-order valence-electron chi connectivity index (χ4n) is 2.62. The van der Waals surface area contributed by atoms with Crippen LogP contribution in [0.15, 0.2) is 66.7 Å². The second-order valence-electron chi connectivity index (χ2n) is 5.46. The first kappa shape index (κ1) is 15.9. The molecule has 0 saturated carbocycles. The van der Waals surface area contributed by atoms with Crippen LogP contribution < -0.4 is 0 Å². The topological polar surface area (TPSA) is 20.2 Å². The van der Waals surface area contributed by atoms with E-state index in [0.717, 1.165) is 22.3 Å². The molecule has 3 aromatic rings. The van der Waals surface area contributed by atoms with Crippen LogP contribution in [-0.2, 0) is 12.8 Å². The van der Waals surface area contributed by atoms with Gasteiger partial charge < -0.3 is 5.11 Å². The lowest BCUT2D eigenvalue weighted by Crippen LogP contribution is -1.95. The molecule has 0 spiro atoms. The summed E-state index contributed by atoms with van der Waals surface area (Å²) in [5.74, 6) is 0.312. The predicted octanol–water partition coefficient (Wildman–Crippen LogP) is 5.88. The molecule has 0 fully saturated rings. The Labute approximate surface area is 146 Å². The SMILES string of the molecule is Oc1c(Cc2ccccc2Cl)cccc1Cc1ccccc1Cl. The van der Waals surface area contributed by atoms with E-state index < -0.39 is 0 Å². The third-order valence-electron chi connectivity index (χ3n) is 3.88. The van der Waals surface area contributed by atoms with Crippen LogP contribution in [0.3, 0.4) is 0 Å². The van der Waals surface area contributed by atoms with Gasteiger partial charge in [-0.1, -0.05) is 77.8 Å². The zero-order chi connectivity index (χ0) is 16.2. The molecule has 0 unspecified atom stereocenters. The Morgan fingerprint density at radius 2 is 0.957 bits per heavy atom. The number of phenolic OH excluding ortho intramolecular Hbond substituents is 1. The molecule has 0 bridgehead atoms. The van der Waals surface area contributed by atoms with Gasteiger partial charge in [0.05, 0.1) is 0 Å². The molecule has 0 radical (unpaired) electrons. The molecule has 0 aromatic heterocycles. The van der Waals surface area contributed by atoms with Gasteiger partial charge in [0.1, 0.15) is 5.75 Å². The van der Waals surface area contributed by atoms with Gasteiger partial charge in [-0.2, -0.15) is 0 Å². The van der Waals surface area contributed by atoms with Crippen LogP contribution in [0.1, 0.15) is 22.3 Å². The molecule has 0 atom stereocenters. The molecule has 3 aromatic carbocycles. The van der Waals surface area contributed by atoms with Crippen LogP contribution in [-0.4, -0.2) is 5.11 Å². The smallest absolute Gasteiger partial charge is 0.122 e. The Morgan fingerprint density at radius 1 is 0.565 bits per heavy atom. The highest BCUT2D eigenvalue weighted by Crippen LogP contribution is 2.30. The summed E-state index contributed by atoms with van der Waals surface area (Å²) in [5.41, 5.74) is 3.73. The summed E-state index contributed by atoms with van der Waals surface area (Å²) in [7, 11) is 0. The van der Waals surface area contributed by atoms with Crippen molar-refractivity contribution in [1.82, 2.24) is 0 Å². The van der Waals surface area contributed by atoms with E-state index >= 15 is 0 Å². The van der Waals surface area contributed by atoms with Crippen molar-refractivity contribution in [2.24, 2.45) is 0 Å². The van der Waals surface area contributed by atoms with Crippen molar-refractivity contribution in [3.8, 4) is 5.75 Å². The third-order valence-corrected chi connectivity index (χ3v) is 4.62. The van der Waals surface area contributed by atoms with Crippen LogP contribution in [0.5, 0.6) is 5.75 Å². The van der Waals surface area contributed by atoms with E-state index in [9.17, 15) is 5.11 Å². The first-order chi connectivity index (χ1) is 11.1. The standard InChI is InChI=1S/C20H16Cl2O/c21-18-10-3-1-6-14(18)12-16-8-5-9-17(20(16)23)13-15-7-2-4-11-19(15)22/h1-11,23H,12-13H2. The summed E-state index contributed by atoms with van der Waals surface area (Å²) in [6, 6.07) is 21.2. The second-order valence-corrected chi connectivity index (χ2v) is 6.28. The molecule has 3 heteroatoms. The lowest BCUT2D eigenvalue weighted by Gasteiger charge is -2.11. The van der Waals surface area contributed by atoms with E-state index in [-0.39, 0.29) is 0 Å². The Bertz CT molecular complexity index is 762. The average molecular weight is 343 g/mol. The summed E-state index contributed by atoms with van der Waals surface area (Å²) in [5, 5.41) is 12.0. The van der Waals surface area contributed by atoms with Crippen LogP contribution in [0.4, 0.5) is 0 Å². The molecule has 0 aliphatic carbocycles. The van der Waals surface area contributed by atoms with E-state index in [2.05, 4.69) is 0 Å². The molecule has 0 saturated heterocycles. The lowest BCUT2D eigenvalue weighted by atomic mass is 9.97. The molecule has 0 heterocycles. The maximum atomic E-state index is 10.6. The zero-order valence-corrected chi connectivity index (χ0v) is 14.0. The highest BCUT2D eigenvalue weighted by atomic mass is 35.5. The van der Waals surface area contributed by atoms with E-state index in [1.54, 1.807) is 0 Å². The molecular weight excluding hydrogens is 327 g/mol. The number of halogens is 2. The highest BCUT2D eigenvalue weighted by Gasteiger charge is 2.11. The highest BCUT2D eigenvalue weighted by molar-refractivity contribution is 6.31. The first-order valence-corrected chi connectivity index (χ1v) is 8.17. The fourth-order valence-corrected chi connectivity index (χ4v) is 3.03. The summed E-state index contributed by atoms with van der Waals surface area (Å²) >= 11 is 12.4. The van der Waals surface area contributed by atoms with Crippen LogP contribution in [0.25, 0.3) is 0 Å². The van der Waals surface area contributed by atoms with Crippen molar-refractivity contribution in [2.45, 2.75) is 12.8 Å². The molecule has 0 aliphatic rings. The van der Waals surface area contributed by atoms with Crippen molar-refractivity contribution < 1.29 is 5.11 Å². The zero-order valence-electron chi connectivity index (χ0n) is 12.5. The Hall–Kier alpha value is -1.96. The quantitative estimate of drug-likeness (QED) is 0.627.